The summed E-state index contributed by atoms with van der Waals surface area (Å²) >= 11 is 0. The third-order valence-electron chi connectivity index (χ3n) is 3.44. The molecule has 0 aliphatic carbocycles. The van der Waals surface area contributed by atoms with Crippen LogP contribution in [0.2, 0.25) is 0 Å². The minimum absolute atomic E-state index is 0.0545. The van der Waals surface area contributed by atoms with E-state index in [9.17, 15) is 9.59 Å². The smallest absolute Gasteiger partial charge is 0.262 e. The van der Waals surface area contributed by atoms with Crippen LogP contribution >= 0.6 is 0 Å². The Morgan fingerprint density at radius 2 is 1.88 bits per heavy atom. The quantitative estimate of drug-likeness (QED) is 0.855. The third-order valence-corrected chi connectivity index (χ3v) is 3.44. The van der Waals surface area contributed by atoms with Crippen LogP contribution in [0.1, 0.15) is 17.3 Å². The summed E-state index contributed by atoms with van der Waals surface area (Å²) < 4.78 is 16.3. The Morgan fingerprint density at radius 1 is 1.08 bits per heavy atom. The van der Waals surface area contributed by atoms with E-state index in [2.05, 4.69) is 5.32 Å². The van der Waals surface area contributed by atoms with Crippen molar-refractivity contribution in [3.05, 3.63) is 48.0 Å². The molecule has 0 spiro atoms. The first kappa shape index (κ1) is 15.9. The molecule has 0 atom stereocenters. The lowest BCUT2D eigenvalue weighted by atomic mass is 10.1. The van der Waals surface area contributed by atoms with Gasteiger partial charge in [-0.15, -0.1) is 0 Å². The average Bonchev–Trinajstić information content (AvgIpc) is 2.60. The number of Topliss-reactive ketones (excluding diaryl/α,β-unsaturated/α-hetero) is 1. The highest BCUT2D eigenvalue weighted by atomic mass is 16.6. The minimum Gasteiger partial charge on any atom is -0.486 e. The Morgan fingerprint density at radius 3 is 2.67 bits per heavy atom. The Kier molecular flexibility index (Phi) is 4.65. The Balaban J connectivity index is 1.58. The van der Waals surface area contributed by atoms with Crippen molar-refractivity contribution in [3.8, 4) is 17.2 Å². The normalized spacial score (nSPS) is 12.4. The fourth-order valence-corrected chi connectivity index (χ4v) is 2.27. The van der Waals surface area contributed by atoms with Crippen molar-refractivity contribution < 1.29 is 23.8 Å². The summed E-state index contributed by atoms with van der Waals surface area (Å²) in [6, 6.07) is 11.9. The molecule has 0 fully saturated rings. The molecule has 1 amide bonds. The van der Waals surface area contributed by atoms with Crippen molar-refractivity contribution in [2.75, 3.05) is 25.1 Å². The molecular weight excluding hydrogens is 310 g/mol. The zero-order chi connectivity index (χ0) is 16.9. The SMILES string of the molecule is CC(=O)c1cccc(OCC(=O)Nc2ccc3c(c2)OCCO3)c1. The number of benzene rings is 2. The number of ketones is 1. The molecule has 6 heteroatoms. The average molecular weight is 327 g/mol. The summed E-state index contributed by atoms with van der Waals surface area (Å²) in [5.41, 5.74) is 1.14. The van der Waals surface area contributed by atoms with E-state index in [-0.39, 0.29) is 18.3 Å². The van der Waals surface area contributed by atoms with Gasteiger partial charge in [0.25, 0.3) is 5.91 Å². The largest absolute Gasteiger partial charge is 0.486 e. The number of anilines is 1. The molecule has 0 bridgehead atoms. The fraction of sp³-hybridized carbons (Fsp3) is 0.222. The van der Waals surface area contributed by atoms with E-state index >= 15 is 0 Å². The first-order chi connectivity index (χ1) is 11.6. The fourth-order valence-electron chi connectivity index (χ4n) is 2.27. The molecule has 1 heterocycles. The van der Waals surface area contributed by atoms with Crippen molar-refractivity contribution in [2.24, 2.45) is 0 Å². The van der Waals surface area contributed by atoms with Gasteiger partial charge in [-0.1, -0.05) is 12.1 Å². The summed E-state index contributed by atoms with van der Waals surface area (Å²) in [7, 11) is 0. The summed E-state index contributed by atoms with van der Waals surface area (Å²) in [4.78, 5) is 23.3. The van der Waals surface area contributed by atoms with Gasteiger partial charge in [-0.3, -0.25) is 9.59 Å². The van der Waals surface area contributed by atoms with Gasteiger partial charge in [0, 0.05) is 17.3 Å². The van der Waals surface area contributed by atoms with Gasteiger partial charge in [0.2, 0.25) is 0 Å². The Bertz CT molecular complexity index is 772. The number of fused-ring (bicyclic) bond motifs is 1. The van der Waals surface area contributed by atoms with Crippen LogP contribution in [0.25, 0.3) is 0 Å². The number of hydrogen-bond donors (Lipinski definition) is 1. The van der Waals surface area contributed by atoms with E-state index in [1.165, 1.54) is 6.92 Å². The molecule has 0 saturated heterocycles. The van der Waals surface area contributed by atoms with E-state index in [4.69, 9.17) is 14.2 Å². The number of ether oxygens (including phenoxy) is 3. The first-order valence-electron chi connectivity index (χ1n) is 7.55. The molecular formula is C18H17NO5. The van der Waals surface area contributed by atoms with Crippen LogP contribution in [0.3, 0.4) is 0 Å². The van der Waals surface area contributed by atoms with Crippen molar-refractivity contribution >= 4 is 17.4 Å². The molecule has 1 N–H and O–H groups in total. The van der Waals surface area contributed by atoms with Crippen molar-refractivity contribution in [3.63, 3.8) is 0 Å². The number of amides is 1. The van der Waals surface area contributed by atoms with E-state index in [1.807, 2.05) is 0 Å². The lowest BCUT2D eigenvalue weighted by Gasteiger charge is -2.19. The second-order valence-corrected chi connectivity index (χ2v) is 5.28. The minimum atomic E-state index is -0.306. The molecule has 2 aromatic rings. The van der Waals surface area contributed by atoms with E-state index < -0.39 is 0 Å². The topological polar surface area (TPSA) is 73.9 Å². The van der Waals surface area contributed by atoms with Gasteiger partial charge in [-0.2, -0.15) is 0 Å². The van der Waals surface area contributed by atoms with Crippen LogP contribution in [0.15, 0.2) is 42.5 Å². The zero-order valence-corrected chi connectivity index (χ0v) is 13.2. The highest BCUT2D eigenvalue weighted by molar-refractivity contribution is 5.94. The maximum Gasteiger partial charge on any atom is 0.262 e. The summed E-state index contributed by atoms with van der Waals surface area (Å²) in [5.74, 6) is 1.38. The number of nitrogens with one attached hydrogen (secondary N) is 1. The molecule has 124 valence electrons. The molecule has 3 rings (SSSR count). The summed E-state index contributed by atoms with van der Waals surface area (Å²) in [6.45, 7) is 2.33. The van der Waals surface area contributed by atoms with Crippen LogP contribution in [0.4, 0.5) is 5.69 Å². The van der Waals surface area contributed by atoms with Gasteiger partial charge < -0.3 is 19.5 Å². The summed E-state index contributed by atoms with van der Waals surface area (Å²) in [5, 5.41) is 2.73. The first-order valence-corrected chi connectivity index (χ1v) is 7.55. The zero-order valence-electron chi connectivity index (χ0n) is 13.2. The molecule has 24 heavy (non-hydrogen) atoms. The van der Waals surface area contributed by atoms with Gasteiger partial charge in [-0.05, 0) is 31.2 Å². The predicted octanol–water partition coefficient (Wildman–Crippen LogP) is 2.68. The van der Waals surface area contributed by atoms with Crippen LogP contribution in [-0.2, 0) is 4.79 Å². The lowest BCUT2D eigenvalue weighted by molar-refractivity contribution is -0.118. The molecule has 2 aromatic carbocycles. The standard InChI is InChI=1S/C18H17NO5/c1-12(20)13-3-2-4-15(9-13)24-11-18(21)19-14-5-6-16-17(10-14)23-8-7-22-16/h2-6,9-10H,7-8,11H2,1H3,(H,19,21). The van der Waals surface area contributed by atoms with Crippen LogP contribution in [0, 0.1) is 0 Å². The number of rotatable bonds is 5. The number of carbonyl (C=O) groups is 2. The van der Waals surface area contributed by atoms with Crippen molar-refractivity contribution in [1.29, 1.82) is 0 Å². The molecule has 0 unspecified atom stereocenters. The molecule has 0 radical (unpaired) electrons. The molecule has 0 aromatic heterocycles. The van der Waals surface area contributed by atoms with E-state index in [1.54, 1.807) is 42.5 Å². The van der Waals surface area contributed by atoms with Crippen molar-refractivity contribution in [1.82, 2.24) is 0 Å². The van der Waals surface area contributed by atoms with E-state index in [0.717, 1.165) is 0 Å². The van der Waals surface area contributed by atoms with Gasteiger partial charge in [0.05, 0.1) is 0 Å². The van der Waals surface area contributed by atoms with Crippen LogP contribution in [-0.4, -0.2) is 31.5 Å². The Labute approximate surface area is 139 Å². The molecule has 1 aliphatic rings. The Hall–Kier alpha value is -3.02. The third kappa shape index (κ3) is 3.84. The molecule has 0 saturated carbocycles. The monoisotopic (exact) mass is 327 g/mol. The maximum absolute atomic E-state index is 12.0. The van der Waals surface area contributed by atoms with Gasteiger partial charge in [0.15, 0.2) is 23.9 Å². The van der Waals surface area contributed by atoms with Gasteiger partial charge >= 0.3 is 0 Å². The maximum atomic E-state index is 12.0. The predicted molar refractivity (Wildman–Crippen MR) is 88.0 cm³/mol. The van der Waals surface area contributed by atoms with E-state index in [0.29, 0.717) is 41.7 Å². The summed E-state index contributed by atoms with van der Waals surface area (Å²) in [6.07, 6.45) is 0. The van der Waals surface area contributed by atoms with Crippen LogP contribution < -0.4 is 19.5 Å². The second-order valence-electron chi connectivity index (χ2n) is 5.28. The lowest BCUT2D eigenvalue weighted by Crippen LogP contribution is -2.21. The molecule has 1 aliphatic heterocycles. The number of hydrogen-bond acceptors (Lipinski definition) is 5. The molecule has 6 nitrogen and oxygen atoms in total. The highest BCUT2D eigenvalue weighted by Gasteiger charge is 2.13. The highest BCUT2D eigenvalue weighted by Crippen LogP contribution is 2.32. The number of carbonyl (C=O) groups excluding carboxylic acids is 2. The van der Waals surface area contributed by atoms with Gasteiger partial charge in [0.1, 0.15) is 19.0 Å². The van der Waals surface area contributed by atoms with Gasteiger partial charge in [-0.25, -0.2) is 0 Å². The second kappa shape index (κ2) is 7.04. The van der Waals surface area contributed by atoms with Crippen molar-refractivity contribution in [2.45, 2.75) is 6.92 Å². The van der Waals surface area contributed by atoms with Crippen LogP contribution in [0.5, 0.6) is 17.2 Å².